The highest BCUT2D eigenvalue weighted by molar-refractivity contribution is 7.89. The highest BCUT2D eigenvalue weighted by atomic mass is 35.5. The number of non-ortho nitro benzene ring substituents is 1. The van der Waals surface area contributed by atoms with Gasteiger partial charge < -0.3 is 10.1 Å². The second kappa shape index (κ2) is 8.29. The summed E-state index contributed by atoms with van der Waals surface area (Å²) in [6, 6.07) is 5.63. The predicted molar refractivity (Wildman–Crippen MR) is 94.8 cm³/mol. The normalized spacial score (nSPS) is 11.0. The van der Waals surface area contributed by atoms with Gasteiger partial charge in [-0.3, -0.25) is 14.9 Å². The van der Waals surface area contributed by atoms with Crippen molar-refractivity contribution in [3.05, 3.63) is 62.9 Å². The second-order valence-corrected chi connectivity index (χ2v) is 7.17. The van der Waals surface area contributed by atoms with Crippen LogP contribution in [-0.2, 0) is 19.6 Å². The molecule has 0 atom stereocenters. The highest BCUT2D eigenvalue weighted by Crippen LogP contribution is 2.22. The Balaban J connectivity index is 2.07. The van der Waals surface area contributed by atoms with Gasteiger partial charge in [0.15, 0.2) is 6.61 Å². The number of nitrogens with one attached hydrogen (secondary N) is 1. The van der Waals surface area contributed by atoms with Gasteiger partial charge in [0.2, 0.25) is 10.0 Å². The molecule has 0 aliphatic heterocycles. The molecule has 0 bridgehead atoms. The van der Waals surface area contributed by atoms with Crippen LogP contribution in [0.3, 0.4) is 0 Å². The van der Waals surface area contributed by atoms with Crippen LogP contribution < -0.4 is 10.5 Å². The van der Waals surface area contributed by atoms with Gasteiger partial charge in [-0.25, -0.2) is 22.7 Å². The first-order valence-corrected chi connectivity index (χ1v) is 9.14. The smallest absolute Gasteiger partial charge is 0.338 e. The van der Waals surface area contributed by atoms with Crippen LogP contribution in [0.5, 0.6) is 0 Å². The lowest BCUT2D eigenvalue weighted by atomic mass is 10.2. The molecule has 0 saturated heterocycles. The summed E-state index contributed by atoms with van der Waals surface area (Å²) in [5.41, 5.74) is -1.17. The molecule has 0 radical (unpaired) electrons. The fraction of sp³-hybridized carbons (Fsp3) is 0.0667. The van der Waals surface area contributed by atoms with Gasteiger partial charge >= 0.3 is 5.97 Å². The molecular formula is C15H11ClFN3O7S. The zero-order valence-corrected chi connectivity index (χ0v) is 15.3. The predicted octanol–water partition coefficient (Wildman–Crippen LogP) is 1.83. The van der Waals surface area contributed by atoms with E-state index in [-0.39, 0.29) is 10.6 Å². The number of anilines is 1. The topological polar surface area (TPSA) is 159 Å². The van der Waals surface area contributed by atoms with Crippen molar-refractivity contribution >= 4 is 44.9 Å². The van der Waals surface area contributed by atoms with Crippen molar-refractivity contribution in [1.29, 1.82) is 0 Å². The summed E-state index contributed by atoms with van der Waals surface area (Å²) in [6.07, 6.45) is 0. The van der Waals surface area contributed by atoms with Gasteiger partial charge in [-0.15, -0.1) is 0 Å². The van der Waals surface area contributed by atoms with E-state index in [9.17, 15) is 32.5 Å². The quantitative estimate of drug-likeness (QED) is 0.401. The third-order valence-electron chi connectivity index (χ3n) is 3.24. The lowest BCUT2D eigenvalue weighted by Gasteiger charge is -2.08. The molecule has 0 unspecified atom stereocenters. The summed E-state index contributed by atoms with van der Waals surface area (Å²) in [5.74, 6) is -2.98. The molecule has 13 heteroatoms. The number of sulfonamides is 1. The van der Waals surface area contributed by atoms with Crippen LogP contribution in [0, 0.1) is 15.9 Å². The molecule has 0 heterocycles. The van der Waals surface area contributed by atoms with Crippen LogP contribution >= 0.6 is 11.6 Å². The van der Waals surface area contributed by atoms with Crippen molar-refractivity contribution in [2.75, 3.05) is 11.9 Å². The number of carbonyl (C=O) groups excluding carboxylic acids is 2. The molecular weight excluding hydrogens is 421 g/mol. The van der Waals surface area contributed by atoms with E-state index in [0.717, 1.165) is 36.4 Å². The lowest BCUT2D eigenvalue weighted by molar-refractivity contribution is -0.384. The van der Waals surface area contributed by atoms with Crippen molar-refractivity contribution in [1.82, 2.24) is 0 Å². The maximum atomic E-state index is 13.6. The molecule has 148 valence electrons. The first-order valence-electron chi connectivity index (χ1n) is 7.22. The molecule has 3 N–H and O–H groups in total. The van der Waals surface area contributed by atoms with E-state index in [1.807, 2.05) is 5.32 Å². The average molecular weight is 432 g/mol. The van der Waals surface area contributed by atoms with Crippen LogP contribution in [0.25, 0.3) is 0 Å². The van der Waals surface area contributed by atoms with Gasteiger partial charge in [0.25, 0.3) is 11.6 Å². The van der Waals surface area contributed by atoms with E-state index in [1.165, 1.54) is 0 Å². The van der Waals surface area contributed by atoms with Crippen LogP contribution in [0.4, 0.5) is 15.8 Å². The molecule has 0 fully saturated rings. The number of nitro groups is 1. The number of halogens is 2. The molecule has 0 aliphatic rings. The minimum atomic E-state index is -4.19. The highest BCUT2D eigenvalue weighted by Gasteiger charge is 2.19. The Morgan fingerprint density at radius 2 is 1.93 bits per heavy atom. The van der Waals surface area contributed by atoms with Crippen LogP contribution in [0.15, 0.2) is 41.3 Å². The SMILES string of the molecule is NS(=O)(=O)c1cc(C(=O)OCC(=O)Nc2cc([N+](=O)[O-])ccc2F)ccc1Cl. The molecule has 0 saturated carbocycles. The largest absolute Gasteiger partial charge is 0.452 e. The average Bonchev–Trinajstić information content (AvgIpc) is 2.60. The van der Waals surface area contributed by atoms with Gasteiger partial charge in [-0.1, -0.05) is 11.6 Å². The number of nitro benzene ring substituents is 1. The number of carbonyl (C=O) groups is 2. The Bertz CT molecular complexity index is 1080. The molecule has 10 nitrogen and oxygen atoms in total. The van der Waals surface area contributed by atoms with E-state index in [1.54, 1.807) is 0 Å². The Morgan fingerprint density at radius 3 is 2.54 bits per heavy atom. The van der Waals surface area contributed by atoms with Gasteiger partial charge in [-0.2, -0.15) is 0 Å². The van der Waals surface area contributed by atoms with E-state index in [4.69, 9.17) is 21.5 Å². The number of nitrogens with two attached hydrogens (primary N) is 1. The van der Waals surface area contributed by atoms with Crippen LogP contribution in [-0.4, -0.2) is 31.8 Å². The number of ether oxygens (including phenoxy) is 1. The molecule has 0 spiro atoms. The number of hydrogen-bond donors (Lipinski definition) is 2. The molecule has 0 aliphatic carbocycles. The first-order chi connectivity index (χ1) is 13.0. The Kier molecular flexibility index (Phi) is 6.28. The zero-order valence-electron chi connectivity index (χ0n) is 13.7. The summed E-state index contributed by atoms with van der Waals surface area (Å²) >= 11 is 5.69. The number of rotatable bonds is 6. The van der Waals surface area contributed by atoms with Gasteiger partial charge in [0.1, 0.15) is 10.7 Å². The number of benzene rings is 2. The molecule has 0 aromatic heterocycles. The Morgan fingerprint density at radius 1 is 1.25 bits per heavy atom. The van der Waals surface area contributed by atoms with Gasteiger partial charge in [-0.05, 0) is 24.3 Å². The summed E-state index contributed by atoms with van der Waals surface area (Å²) in [4.78, 5) is 33.2. The fourth-order valence-corrected chi connectivity index (χ4v) is 3.04. The maximum Gasteiger partial charge on any atom is 0.338 e. The number of primary sulfonamides is 1. The molecule has 28 heavy (non-hydrogen) atoms. The van der Waals surface area contributed by atoms with Crippen molar-refractivity contribution < 1.29 is 32.1 Å². The maximum absolute atomic E-state index is 13.6. The number of esters is 1. The molecule has 2 rings (SSSR count). The molecule has 2 aromatic rings. The number of amides is 1. The van der Waals surface area contributed by atoms with Gasteiger partial charge in [0, 0.05) is 12.1 Å². The van der Waals surface area contributed by atoms with Gasteiger partial charge in [0.05, 0.1) is 21.2 Å². The number of hydrogen-bond acceptors (Lipinski definition) is 7. The van der Waals surface area contributed by atoms with E-state index < -0.39 is 55.5 Å². The van der Waals surface area contributed by atoms with E-state index >= 15 is 0 Å². The summed E-state index contributed by atoms with van der Waals surface area (Å²) in [6.45, 7) is -0.867. The second-order valence-electron chi connectivity index (χ2n) is 5.24. The van der Waals surface area contributed by atoms with Crippen LogP contribution in [0.1, 0.15) is 10.4 Å². The third-order valence-corrected chi connectivity index (χ3v) is 4.64. The fourth-order valence-electron chi connectivity index (χ4n) is 1.97. The monoisotopic (exact) mass is 431 g/mol. The van der Waals surface area contributed by atoms with Crippen molar-refractivity contribution in [2.24, 2.45) is 5.14 Å². The Labute approximate surface area is 162 Å². The van der Waals surface area contributed by atoms with Crippen LogP contribution in [0.2, 0.25) is 5.02 Å². The third kappa shape index (κ3) is 5.22. The van der Waals surface area contributed by atoms with Crippen molar-refractivity contribution in [2.45, 2.75) is 4.90 Å². The lowest BCUT2D eigenvalue weighted by Crippen LogP contribution is -2.22. The van der Waals surface area contributed by atoms with E-state index in [2.05, 4.69) is 0 Å². The summed E-state index contributed by atoms with van der Waals surface area (Å²) < 4.78 is 41.1. The minimum absolute atomic E-state index is 0.210. The minimum Gasteiger partial charge on any atom is -0.452 e. The van der Waals surface area contributed by atoms with Crippen molar-refractivity contribution in [3.63, 3.8) is 0 Å². The van der Waals surface area contributed by atoms with E-state index in [0.29, 0.717) is 0 Å². The molecule has 2 aromatic carbocycles. The molecule has 1 amide bonds. The summed E-state index contributed by atoms with van der Waals surface area (Å²) in [7, 11) is -4.19. The Hall–Kier alpha value is -3.09. The summed E-state index contributed by atoms with van der Waals surface area (Å²) in [5, 5.41) is 17.5. The standard InChI is InChI=1S/C15H11ClFN3O7S/c16-10-3-1-8(5-13(10)28(18,25)26)15(22)27-7-14(21)19-12-6-9(20(23)24)2-4-11(12)17/h1-6H,7H2,(H,19,21)(H2,18,25,26). The van der Waals surface area contributed by atoms with Crippen molar-refractivity contribution in [3.8, 4) is 0 Å². The first kappa shape index (κ1) is 21.2. The zero-order chi connectivity index (χ0) is 21.1. The number of nitrogens with zero attached hydrogens (tertiary/aromatic N) is 1.